The summed E-state index contributed by atoms with van der Waals surface area (Å²) in [5.41, 5.74) is 2.24. The number of rotatable bonds is 9. The minimum Gasteiger partial charge on any atom is -0.466 e. The number of carbonyl (C=O) groups is 3. The average molecular weight is 444 g/mol. The fourth-order valence-corrected chi connectivity index (χ4v) is 4.44. The number of esters is 2. The molecule has 1 atom stereocenters. The Bertz CT molecular complexity index is 964. The zero-order chi connectivity index (χ0) is 23.0. The molecule has 1 unspecified atom stereocenters. The molecule has 0 aromatic heterocycles. The molecule has 1 aliphatic rings. The fourth-order valence-electron chi connectivity index (χ4n) is 3.34. The highest BCUT2D eigenvalue weighted by atomic mass is 32.2. The fraction of sp³-hybridized carbons (Fsp3) is 0.364. The number of nitriles is 1. The van der Waals surface area contributed by atoms with Crippen molar-refractivity contribution in [2.75, 3.05) is 33.1 Å². The number of nitrogens with one attached hydrogen (secondary N) is 1. The summed E-state index contributed by atoms with van der Waals surface area (Å²) in [6.07, 6.45) is 0.614. The van der Waals surface area contributed by atoms with Gasteiger partial charge in [-0.05, 0) is 31.5 Å². The van der Waals surface area contributed by atoms with Gasteiger partial charge < -0.3 is 19.7 Å². The Morgan fingerprint density at radius 1 is 1.32 bits per heavy atom. The van der Waals surface area contributed by atoms with Crippen LogP contribution in [0.3, 0.4) is 0 Å². The van der Waals surface area contributed by atoms with Gasteiger partial charge in [0.05, 0.1) is 47.4 Å². The minimum absolute atomic E-state index is 0.165. The number of carbonyl (C=O) groups excluding carboxylic acids is 3. The van der Waals surface area contributed by atoms with E-state index in [1.165, 1.54) is 18.9 Å². The summed E-state index contributed by atoms with van der Waals surface area (Å²) in [5.74, 6) is -1.38. The van der Waals surface area contributed by atoms with Crippen LogP contribution in [0.1, 0.15) is 30.9 Å². The van der Waals surface area contributed by atoms with Crippen LogP contribution < -0.4 is 5.32 Å². The van der Waals surface area contributed by atoms with E-state index in [9.17, 15) is 19.6 Å². The summed E-state index contributed by atoms with van der Waals surface area (Å²) in [5, 5.41) is 12.6. The van der Waals surface area contributed by atoms with E-state index < -0.39 is 17.9 Å². The molecule has 31 heavy (non-hydrogen) atoms. The molecule has 8 nitrogen and oxygen atoms in total. The number of benzene rings is 1. The smallest absolute Gasteiger partial charge is 0.337 e. The molecule has 0 bridgehead atoms. The average Bonchev–Trinajstić information content (AvgIpc) is 2.78. The van der Waals surface area contributed by atoms with Gasteiger partial charge in [0.2, 0.25) is 6.41 Å². The highest BCUT2D eigenvalue weighted by Crippen LogP contribution is 2.45. The quantitative estimate of drug-likeness (QED) is 0.352. The Hall–Kier alpha value is -3.25. The van der Waals surface area contributed by atoms with Crippen molar-refractivity contribution in [3.8, 4) is 6.07 Å². The number of thioether (sulfide) groups is 1. The van der Waals surface area contributed by atoms with Crippen LogP contribution in [0.5, 0.6) is 0 Å². The van der Waals surface area contributed by atoms with E-state index >= 15 is 0 Å². The molecular weight excluding hydrogens is 418 g/mol. The second kappa shape index (κ2) is 11.2. The maximum atomic E-state index is 13.1. The highest BCUT2D eigenvalue weighted by molar-refractivity contribution is 8.03. The van der Waals surface area contributed by atoms with Crippen LogP contribution in [-0.4, -0.2) is 56.3 Å². The summed E-state index contributed by atoms with van der Waals surface area (Å²) < 4.78 is 10.4. The second-order valence-electron chi connectivity index (χ2n) is 6.58. The first-order valence-corrected chi connectivity index (χ1v) is 10.6. The normalized spacial score (nSPS) is 16.0. The third-order valence-electron chi connectivity index (χ3n) is 4.82. The number of hydrogen-bond acceptors (Lipinski definition) is 8. The molecule has 1 aliphatic heterocycles. The van der Waals surface area contributed by atoms with E-state index in [0.29, 0.717) is 51.7 Å². The van der Waals surface area contributed by atoms with Crippen molar-refractivity contribution in [2.45, 2.75) is 19.8 Å². The molecule has 2 rings (SSSR count). The first-order chi connectivity index (χ1) is 14.9. The van der Waals surface area contributed by atoms with Gasteiger partial charge in [-0.2, -0.15) is 5.26 Å². The predicted octanol–water partition coefficient (Wildman–Crippen LogP) is 2.29. The van der Waals surface area contributed by atoms with Crippen LogP contribution in [0.25, 0.3) is 0 Å². The van der Waals surface area contributed by atoms with E-state index in [4.69, 9.17) is 9.47 Å². The lowest BCUT2D eigenvalue weighted by Gasteiger charge is -2.36. The maximum absolute atomic E-state index is 13.1. The SMILES string of the molecule is CCOC(=O)C1=C(SCCNC=O)N(C)C(C)=C(C(=O)OC)C1c1cccc(C#N)c1. The monoisotopic (exact) mass is 443 g/mol. The molecule has 0 spiro atoms. The molecule has 1 N–H and O–H groups in total. The molecule has 0 fully saturated rings. The molecule has 0 radical (unpaired) electrons. The maximum Gasteiger partial charge on any atom is 0.337 e. The molecule has 0 saturated heterocycles. The molecule has 164 valence electrons. The van der Waals surface area contributed by atoms with E-state index in [0.717, 1.165) is 0 Å². The molecule has 0 saturated carbocycles. The van der Waals surface area contributed by atoms with Gasteiger partial charge in [0, 0.05) is 25.0 Å². The molecule has 1 aromatic rings. The van der Waals surface area contributed by atoms with Crippen molar-refractivity contribution in [3.05, 3.63) is 57.3 Å². The molecule has 1 heterocycles. The van der Waals surface area contributed by atoms with Gasteiger partial charge in [0.15, 0.2) is 0 Å². The van der Waals surface area contributed by atoms with Gasteiger partial charge in [0.1, 0.15) is 0 Å². The Morgan fingerprint density at radius 3 is 2.68 bits per heavy atom. The second-order valence-corrected chi connectivity index (χ2v) is 7.66. The van der Waals surface area contributed by atoms with Gasteiger partial charge in [-0.25, -0.2) is 9.59 Å². The first kappa shape index (κ1) is 24.0. The highest BCUT2D eigenvalue weighted by Gasteiger charge is 2.41. The third kappa shape index (κ3) is 5.27. The summed E-state index contributed by atoms with van der Waals surface area (Å²) >= 11 is 1.37. The molecule has 9 heteroatoms. The zero-order valence-electron chi connectivity index (χ0n) is 17.9. The lowest BCUT2D eigenvalue weighted by atomic mass is 9.81. The number of allylic oxidation sites excluding steroid dienone is 1. The molecule has 1 aromatic carbocycles. The van der Waals surface area contributed by atoms with Gasteiger partial charge in [-0.1, -0.05) is 12.1 Å². The Morgan fingerprint density at radius 2 is 2.06 bits per heavy atom. The van der Waals surface area contributed by atoms with Crippen LogP contribution in [-0.2, 0) is 23.9 Å². The summed E-state index contributed by atoms with van der Waals surface area (Å²) in [6.45, 7) is 4.06. The predicted molar refractivity (Wildman–Crippen MR) is 117 cm³/mol. The van der Waals surface area contributed by atoms with Crippen molar-refractivity contribution in [1.29, 1.82) is 5.26 Å². The van der Waals surface area contributed by atoms with Crippen molar-refractivity contribution >= 4 is 30.1 Å². The van der Waals surface area contributed by atoms with Gasteiger partial charge >= 0.3 is 11.9 Å². The van der Waals surface area contributed by atoms with E-state index in [-0.39, 0.29) is 6.61 Å². The number of ether oxygens (including phenoxy) is 2. The molecule has 0 aliphatic carbocycles. The van der Waals surface area contributed by atoms with E-state index in [2.05, 4.69) is 11.4 Å². The molecular formula is C22H25N3O5S. The Balaban J connectivity index is 2.73. The van der Waals surface area contributed by atoms with E-state index in [1.54, 1.807) is 50.1 Å². The van der Waals surface area contributed by atoms with E-state index in [1.807, 2.05) is 0 Å². The lowest BCUT2D eigenvalue weighted by Crippen LogP contribution is -2.33. The van der Waals surface area contributed by atoms with Gasteiger partial charge in [0.25, 0.3) is 0 Å². The van der Waals surface area contributed by atoms with Crippen molar-refractivity contribution in [2.24, 2.45) is 0 Å². The van der Waals surface area contributed by atoms with Crippen LogP contribution in [0.4, 0.5) is 0 Å². The van der Waals surface area contributed by atoms with Crippen LogP contribution in [0, 0.1) is 11.3 Å². The van der Waals surface area contributed by atoms with Crippen molar-refractivity contribution in [1.82, 2.24) is 10.2 Å². The Labute approximate surface area is 185 Å². The number of hydrogen-bond donors (Lipinski definition) is 1. The number of amides is 1. The van der Waals surface area contributed by atoms with Crippen LogP contribution in [0.15, 0.2) is 46.1 Å². The molecule has 1 amide bonds. The van der Waals surface area contributed by atoms with Crippen LogP contribution >= 0.6 is 11.8 Å². The van der Waals surface area contributed by atoms with Crippen LogP contribution in [0.2, 0.25) is 0 Å². The van der Waals surface area contributed by atoms with Gasteiger partial charge in [-0.15, -0.1) is 11.8 Å². The lowest BCUT2D eigenvalue weighted by molar-refractivity contribution is -0.139. The summed E-state index contributed by atoms with van der Waals surface area (Å²) in [4.78, 5) is 38.2. The largest absolute Gasteiger partial charge is 0.466 e. The zero-order valence-corrected chi connectivity index (χ0v) is 18.7. The van der Waals surface area contributed by atoms with Crippen molar-refractivity contribution in [3.63, 3.8) is 0 Å². The Kier molecular flexibility index (Phi) is 8.70. The standard InChI is InChI=1S/C22H25N3O5S/c1-5-30-22(28)19-18(16-8-6-7-15(11-16)12-23)17(21(27)29-4)14(2)25(3)20(19)31-10-9-24-13-26/h6-8,11,13,18H,5,9-10H2,1-4H3,(H,24,26). The number of nitrogens with zero attached hydrogens (tertiary/aromatic N) is 2. The van der Waals surface area contributed by atoms with Crippen molar-refractivity contribution < 1.29 is 23.9 Å². The topological polar surface area (TPSA) is 109 Å². The summed E-state index contributed by atoms with van der Waals surface area (Å²) in [7, 11) is 3.05. The summed E-state index contributed by atoms with van der Waals surface area (Å²) in [6, 6.07) is 8.88. The number of methoxy groups -OCH3 is 1. The van der Waals surface area contributed by atoms with Gasteiger partial charge in [-0.3, -0.25) is 4.79 Å². The third-order valence-corrected chi connectivity index (χ3v) is 6.00. The minimum atomic E-state index is -0.766. The first-order valence-electron chi connectivity index (χ1n) is 9.65.